The van der Waals surface area contributed by atoms with Gasteiger partial charge in [-0.3, -0.25) is 4.79 Å². The number of carboxylic acid groups (broad SMARTS) is 1. The molecule has 1 amide bonds. The monoisotopic (exact) mass is 238 g/mol. The van der Waals surface area contributed by atoms with Crippen molar-refractivity contribution in [3.05, 3.63) is 11.9 Å². The summed E-state index contributed by atoms with van der Waals surface area (Å²) in [7, 11) is 0. The van der Waals surface area contributed by atoms with E-state index in [4.69, 9.17) is 5.11 Å². The van der Waals surface area contributed by atoms with E-state index in [0.717, 1.165) is 0 Å². The van der Waals surface area contributed by atoms with Gasteiger partial charge in [0.25, 0.3) is 0 Å². The lowest BCUT2D eigenvalue weighted by molar-refractivity contribution is -0.122. The molecule has 17 heavy (non-hydrogen) atoms. The minimum atomic E-state index is -1.15. The Bertz CT molecular complexity index is 425. The molecule has 0 atom stereocenters. The van der Waals surface area contributed by atoms with E-state index >= 15 is 0 Å². The Hall–Kier alpha value is -1.92. The largest absolute Gasteiger partial charge is 0.476 e. The molecule has 1 saturated carbocycles. The number of aromatic nitrogens is 3. The van der Waals surface area contributed by atoms with Crippen molar-refractivity contribution >= 4 is 11.9 Å². The fourth-order valence-corrected chi connectivity index (χ4v) is 1.63. The van der Waals surface area contributed by atoms with E-state index in [-0.39, 0.29) is 18.1 Å². The SMILES string of the molecule is O=C(Cn1cc(C(=O)O)nn1)NCC1CCC1. The molecule has 0 radical (unpaired) electrons. The molecule has 1 fully saturated rings. The lowest BCUT2D eigenvalue weighted by atomic mass is 9.85. The van der Waals surface area contributed by atoms with Gasteiger partial charge < -0.3 is 10.4 Å². The third-order valence-electron chi connectivity index (χ3n) is 2.88. The number of carboxylic acids is 1. The third kappa shape index (κ3) is 3.02. The quantitative estimate of drug-likeness (QED) is 0.746. The van der Waals surface area contributed by atoms with Crippen molar-refractivity contribution in [2.75, 3.05) is 6.54 Å². The molecule has 1 aromatic rings. The summed E-state index contributed by atoms with van der Waals surface area (Å²) >= 11 is 0. The highest BCUT2D eigenvalue weighted by Crippen LogP contribution is 2.24. The summed E-state index contributed by atoms with van der Waals surface area (Å²) in [6.07, 6.45) is 4.83. The Labute approximate surface area is 97.8 Å². The molecule has 7 nitrogen and oxygen atoms in total. The Morgan fingerprint density at radius 1 is 1.53 bits per heavy atom. The smallest absolute Gasteiger partial charge is 0.358 e. The Kier molecular flexibility index (Phi) is 3.36. The summed E-state index contributed by atoms with van der Waals surface area (Å²) in [6, 6.07) is 0. The Balaban J connectivity index is 1.78. The van der Waals surface area contributed by atoms with Crippen LogP contribution in [0.3, 0.4) is 0 Å². The van der Waals surface area contributed by atoms with Gasteiger partial charge in [0.15, 0.2) is 5.69 Å². The number of hydrogen-bond donors (Lipinski definition) is 2. The molecule has 0 aromatic carbocycles. The molecule has 2 N–H and O–H groups in total. The lowest BCUT2D eigenvalue weighted by Gasteiger charge is -2.25. The van der Waals surface area contributed by atoms with Crippen molar-refractivity contribution in [3.63, 3.8) is 0 Å². The van der Waals surface area contributed by atoms with E-state index in [9.17, 15) is 9.59 Å². The van der Waals surface area contributed by atoms with Gasteiger partial charge in [0.05, 0.1) is 6.20 Å². The second-order valence-electron chi connectivity index (χ2n) is 4.21. The van der Waals surface area contributed by atoms with Gasteiger partial charge in [-0.2, -0.15) is 0 Å². The van der Waals surface area contributed by atoms with Gasteiger partial charge in [-0.25, -0.2) is 9.48 Å². The molecule has 7 heteroatoms. The van der Waals surface area contributed by atoms with Crippen molar-refractivity contribution in [2.24, 2.45) is 5.92 Å². The van der Waals surface area contributed by atoms with Gasteiger partial charge in [0, 0.05) is 6.54 Å². The fraction of sp³-hybridized carbons (Fsp3) is 0.600. The van der Waals surface area contributed by atoms with E-state index in [1.165, 1.54) is 30.1 Å². The van der Waals surface area contributed by atoms with Crippen molar-refractivity contribution in [2.45, 2.75) is 25.8 Å². The van der Waals surface area contributed by atoms with Crippen LogP contribution >= 0.6 is 0 Å². The minimum absolute atomic E-state index is 0.00694. The van der Waals surface area contributed by atoms with Gasteiger partial charge in [0.2, 0.25) is 5.91 Å². The Morgan fingerprint density at radius 2 is 2.29 bits per heavy atom. The molecule has 1 aliphatic carbocycles. The van der Waals surface area contributed by atoms with Gasteiger partial charge in [0.1, 0.15) is 6.54 Å². The standard InChI is InChI=1S/C10H14N4O3/c15-9(11-4-7-2-1-3-7)6-14-5-8(10(16)17)12-13-14/h5,7H,1-4,6H2,(H,11,15)(H,16,17). The molecule has 1 aliphatic rings. The highest BCUT2D eigenvalue weighted by molar-refractivity contribution is 5.84. The summed E-state index contributed by atoms with van der Waals surface area (Å²) in [6.45, 7) is 0.701. The zero-order chi connectivity index (χ0) is 12.3. The fourth-order valence-electron chi connectivity index (χ4n) is 1.63. The lowest BCUT2D eigenvalue weighted by Crippen LogP contribution is -2.34. The maximum Gasteiger partial charge on any atom is 0.358 e. The van der Waals surface area contributed by atoms with Crippen LogP contribution < -0.4 is 5.32 Å². The zero-order valence-corrected chi connectivity index (χ0v) is 9.30. The predicted molar refractivity (Wildman–Crippen MR) is 57.3 cm³/mol. The van der Waals surface area contributed by atoms with Crippen LogP contribution in [0.4, 0.5) is 0 Å². The molecule has 92 valence electrons. The second kappa shape index (κ2) is 4.94. The van der Waals surface area contributed by atoms with Crippen LogP contribution in [0, 0.1) is 5.92 Å². The molecule has 0 aliphatic heterocycles. The van der Waals surface area contributed by atoms with Crippen LogP contribution in [0.1, 0.15) is 29.8 Å². The molecule has 0 spiro atoms. The molecule has 0 bridgehead atoms. The maximum absolute atomic E-state index is 11.5. The second-order valence-corrected chi connectivity index (χ2v) is 4.21. The minimum Gasteiger partial charge on any atom is -0.476 e. The normalized spacial score (nSPS) is 15.3. The molecule has 2 rings (SSSR count). The third-order valence-corrected chi connectivity index (χ3v) is 2.88. The van der Waals surface area contributed by atoms with Gasteiger partial charge in [-0.1, -0.05) is 11.6 Å². The molecule has 1 heterocycles. The van der Waals surface area contributed by atoms with Gasteiger partial charge in [-0.05, 0) is 18.8 Å². The van der Waals surface area contributed by atoms with Crippen LogP contribution in [0.5, 0.6) is 0 Å². The average molecular weight is 238 g/mol. The van der Waals surface area contributed by atoms with Crippen molar-refractivity contribution in [1.82, 2.24) is 20.3 Å². The van der Waals surface area contributed by atoms with Gasteiger partial charge >= 0.3 is 5.97 Å². The number of carbonyl (C=O) groups is 2. The van der Waals surface area contributed by atoms with Crippen LogP contribution in [0.15, 0.2) is 6.20 Å². The number of nitrogens with one attached hydrogen (secondary N) is 1. The van der Waals surface area contributed by atoms with Crippen molar-refractivity contribution in [1.29, 1.82) is 0 Å². The summed E-state index contributed by atoms with van der Waals surface area (Å²) in [5.41, 5.74) is -0.156. The van der Waals surface area contributed by atoms with Gasteiger partial charge in [-0.15, -0.1) is 5.10 Å². The summed E-state index contributed by atoms with van der Waals surface area (Å²) < 4.78 is 1.22. The molecular weight excluding hydrogens is 224 g/mol. The highest BCUT2D eigenvalue weighted by Gasteiger charge is 2.18. The molecular formula is C10H14N4O3. The summed E-state index contributed by atoms with van der Waals surface area (Å²) in [5.74, 6) is -0.714. The first-order valence-electron chi connectivity index (χ1n) is 5.55. The summed E-state index contributed by atoms with van der Waals surface area (Å²) in [4.78, 5) is 22.0. The maximum atomic E-state index is 11.5. The number of aromatic carboxylic acids is 1. The number of nitrogens with zero attached hydrogens (tertiary/aromatic N) is 3. The number of rotatable bonds is 5. The van der Waals surface area contributed by atoms with E-state index in [1.54, 1.807) is 0 Å². The first-order valence-corrected chi connectivity index (χ1v) is 5.55. The van der Waals surface area contributed by atoms with E-state index in [1.807, 2.05) is 0 Å². The zero-order valence-electron chi connectivity index (χ0n) is 9.30. The molecule has 0 saturated heterocycles. The topological polar surface area (TPSA) is 97.1 Å². The van der Waals surface area contributed by atoms with Crippen LogP contribution in [-0.4, -0.2) is 38.5 Å². The summed E-state index contributed by atoms with van der Waals surface area (Å²) in [5, 5.41) is 18.4. The van der Waals surface area contributed by atoms with Crippen molar-refractivity contribution < 1.29 is 14.7 Å². The predicted octanol–water partition coefficient (Wildman–Crippen LogP) is -0.107. The number of carbonyl (C=O) groups excluding carboxylic acids is 1. The Morgan fingerprint density at radius 3 is 2.82 bits per heavy atom. The number of amides is 1. The first kappa shape index (κ1) is 11.6. The molecule has 1 aromatic heterocycles. The van der Waals surface area contributed by atoms with Crippen LogP contribution in [0.25, 0.3) is 0 Å². The average Bonchev–Trinajstić information content (AvgIpc) is 2.63. The van der Waals surface area contributed by atoms with E-state index in [2.05, 4.69) is 15.6 Å². The molecule has 0 unspecified atom stereocenters. The van der Waals surface area contributed by atoms with Crippen LogP contribution in [0.2, 0.25) is 0 Å². The van der Waals surface area contributed by atoms with Crippen molar-refractivity contribution in [3.8, 4) is 0 Å². The van der Waals surface area contributed by atoms with E-state index < -0.39 is 5.97 Å². The first-order chi connectivity index (χ1) is 8.15. The highest BCUT2D eigenvalue weighted by atomic mass is 16.4. The van der Waals surface area contributed by atoms with E-state index in [0.29, 0.717) is 12.5 Å². The van der Waals surface area contributed by atoms with Crippen LogP contribution in [-0.2, 0) is 11.3 Å². The number of hydrogen-bond acceptors (Lipinski definition) is 4.